The molecule has 0 aliphatic rings. The van der Waals surface area contributed by atoms with Crippen molar-refractivity contribution in [1.82, 2.24) is 4.72 Å². The van der Waals surface area contributed by atoms with Crippen LogP contribution in [0.3, 0.4) is 0 Å². The number of amides is 1. The summed E-state index contributed by atoms with van der Waals surface area (Å²) in [5.74, 6) is -0.342. The fourth-order valence-electron chi connectivity index (χ4n) is 2.52. The van der Waals surface area contributed by atoms with E-state index in [0.29, 0.717) is 17.3 Å². The Morgan fingerprint density at radius 3 is 2.37 bits per heavy atom. The molecule has 0 saturated heterocycles. The molecule has 0 aliphatic carbocycles. The van der Waals surface area contributed by atoms with Crippen molar-refractivity contribution in [2.75, 3.05) is 5.32 Å². The molecule has 0 bridgehead atoms. The lowest BCUT2D eigenvalue weighted by Crippen LogP contribution is -2.26. The third-order valence-electron chi connectivity index (χ3n) is 3.96. The molecule has 3 aromatic rings. The van der Waals surface area contributed by atoms with Crippen LogP contribution in [0.2, 0.25) is 5.02 Å². The molecule has 1 heterocycles. The fraction of sp³-hybridized carbons (Fsp3) is 0.105. The van der Waals surface area contributed by atoms with Crippen molar-refractivity contribution in [1.29, 1.82) is 0 Å². The number of hydrogen-bond acceptors (Lipinski definition) is 4. The average molecular weight is 459 g/mol. The van der Waals surface area contributed by atoms with Crippen LogP contribution in [0, 0.1) is 0 Å². The lowest BCUT2D eigenvalue weighted by molar-refractivity contribution is -0.139. The molecular formula is C19H14ClF3N2O4S. The maximum absolute atomic E-state index is 13.2. The molecule has 0 unspecified atom stereocenters. The summed E-state index contributed by atoms with van der Waals surface area (Å²) in [5.41, 5.74) is -0.448. The lowest BCUT2D eigenvalue weighted by atomic mass is 10.2. The summed E-state index contributed by atoms with van der Waals surface area (Å²) in [5, 5.41) is 2.36. The van der Waals surface area contributed by atoms with E-state index in [1.165, 1.54) is 36.6 Å². The summed E-state index contributed by atoms with van der Waals surface area (Å²) < 4.78 is 71.5. The van der Waals surface area contributed by atoms with Crippen LogP contribution < -0.4 is 10.0 Å². The number of alkyl halides is 3. The highest BCUT2D eigenvalue weighted by Gasteiger charge is 2.37. The molecule has 0 saturated carbocycles. The summed E-state index contributed by atoms with van der Waals surface area (Å²) in [6.07, 6.45) is -3.53. The molecule has 0 aliphatic heterocycles. The minimum Gasteiger partial charge on any atom is -0.459 e. The number of nitrogens with one attached hydrogen (secondary N) is 2. The molecule has 2 N–H and O–H groups in total. The van der Waals surface area contributed by atoms with Crippen molar-refractivity contribution in [3.05, 3.63) is 82.8 Å². The largest absolute Gasteiger partial charge is 0.459 e. The van der Waals surface area contributed by atoms with Crippen LogP contribution in [0.25, 0.3) is 0 Å². The van der Waals surface area contributed by atoms with E-state index in [9.17, 15) is 26.4 Å². The molecule has 1 aromatic heterocycles. The quantitative estimate of drug-likeness (QED) is 0.561. The second kappa shape index (κ2) is 8.50. The summed E-state index contributed by atoms with van der Waals surface area (Å²) in [7, 11) is -4.46. The zero-order chi connectivity index (χ0) is 21.9. The van der Waals surface area contributed by atoms with Gasteiger partial charge in [-0.3, -0.25) is 4.79 Å². The molecular weight excluding hydrogens is 445 g/mol. The van der Waals surface area contributed by atoms with E-state index in [4.69, 9.17) is 16.0 Å². The SMILES string of the molecule is O=C(Nc1ccc(CNS(=O)(=O)c2ccc(Cl)cc2C(F)(F)F)cc1)c1ccco1. The second-order valence-electron chi connectivity index (χ2n) is 6.09. The fourth-order valence-corrected chi connectivity index (χ4v) is 3.92. The van der Waals surface area contributed by atoms with Gasteiger partial charge in [0.25, 0.3) is 5.91 Å². The number of rotatable bonds is 6. The summed E-state index contributed by atoms with van der Waals surface area (Å²) >= 11 is 5.58. The molecule has 0 radical (unpaired) electrons. The topological polar surface area (TPSA) is 88.4 Å². The van der Waals surface area contributed by atoms with Gasteiger partial charge >= 0.3 is 6.18 Å². The average Bonchev–Trinajstić information content (AvgIpc) is 3.21. The van der Waals surface area contributed by atoms with Crippen LogP contribution in [0.1, 0.15) is 21.7 Å². The molecule has 2 aromatic carbocycles. The highest BCUT2D eigenvalue weighted by Crippen LogP contribution is 2.35. The van der Waals surface area contributed by atoms with E-state index in [-0.39, 0.29) is 17.3 Å². The maximum atomic E-state index is 13.2. The van der Waals surface area contributed by atoms with Crippen LogP contribution in [-0.2, 0) is 22.7 Å². The summed E-state index contributed by atoms with van der Waals surface area (Å²) in [4.78, 5) is 11.0. The number of halogens is 4. The predicted octanol–water partition coefficient (Wildman–Crippen LogP) is 4.68. The van der Waals surface area contributed by atoms with E-state index in [1.54, 1.807) is 6.07 Å². The van der Waals surface area contributed by atoms with Gasteiger partial charge in [0, 0.05) is 17.3 Å². The molecule has 1 amide bonds. The van der Waals surface area contributed by atoms with Crippen LogP contribution in [0.15, 0.2) is 70.2 Å². The first-order valence-electron chi connectivity index (χ1n) is 8.36. The minimum atomic E-state index is -4.89. The standard InChI is InChI=1S/C19H14ClF3N2O4S/c20-13-5-8-17(15(10-13)19(21,22)23)30(27,28)24-11-12-3-6-14(7-4-12)25-18(26)16-2-1-9-29-16/h1-10,24H,11H2,(H,25,26). The van der Waals surface area contributed by atoms with Gasteiger partial charge in [0.2, 0.25) is 10.0 Å². The van der Waals surface area contributed by atoms with E-state index in [1.807, 2.05) is 0 Å². The van der Waals surface area contributed by atoms with Gasteiger partial charge in [-0.05, 0) is 48.0 Å². The summed E-state index contributed by atoms with van der Waals surface area (Å²) in [6, 6.07) is 11.6. The molecule has 3 rings (SSSR count). The first kappa shape index (κ1) is 21.9. The van der Waals surface area contributed by atoms with Gasteiger partial charge in [-0.2, -0.15) is 13.2 Å². The Kier molecular flexibility index (Phi) is 6.20. The number of anilines is 1. The van der Waals surface area contributed by atoms with Gasteiger partial charge in [0.05, 0.1) is 16.7 Å². The van der Waals surface area contributed by atoms with Crippen molar-refractivity contribution < 1.29 is 30.8 Å². The van der Waals surface area contributed by atoms with Crippen LogP contribution >= 0.6 is 11.6 Å². The first-order valence-corrected chi connectivity index (χ1v) is 10.2. The van der Waals surface area contributed by atoms with E-state index >= 15 is 0 Å². The van der Waals surface area contributed by atoms with Gasteiger partial charge < -0.3 is 9.73 Å². The second-order valence-corrected chi connectivity index (χ2v) is 8.26. The smallest absolute Gasteiger partial charge is 0.417 e. The molecule has 30 heavy (non-hydrogen) atoms. The summed E-state index contributed by atoms with van der Waals surface area (Å²) in [6.45, 7) is -0.255. The van der Waals surface area contributed by atoms with Crippen molar-refractivity contribution >= 4 is 33.2 Å². The molecule has 0 fully saturated rings. The lowest BCUT2D eigenvalue weighted by Gasteiger charge is -2.14. The van der Waals surface area contributed by atoms with Crippen molar-refractivity contribution in [3.8, 4) is 0 Å². The Hall–Kier alpha value is -2.82. The Morgan fingerprint density at radius 2 is 1.77 bits per heavy atom. The normalized spacial score (nSPS) is 12.0. The van der Waals surface area contributed by atoms with E-state index in [0.717, 1.165) is 12.1 Å². The molecule has 0 atom stereocenters. The zero-order valence-corrected chi connectivity index (χ0v) is 16.6. The highest BCUT2D eigenvalue weighted by atomic mass is 35.5. The zero-order valence-electron chi connectivity index (χ0n) is 15.0. The number of furan rings is 1. The Morgan fingerprint density at radius 1 is 1.07 bits per heavy atom. The van der Waals surface area contributed by atoms with Crippen LogP contribution in [-0.4, -0.2) is 14.3 Å². The Balaban J connectivity index is 1.70. The molecule has 158 valence electrons. The first-order chi connectivity index (χ1) is 14.1. The Bertz CT molecular complexity index is 1150. The monoisotopic (exact) mass is 458 g/mol. The number of sulfonamides is 1. The van der Waals surface area contributed by atoms with Crippen LogP contribution in [0.5, 0.6) is 0 Å². The molecule has 11 heteroatoms. The number of carbonyl (C=O) groups excluding carboxylic acids is 1. The van der Waals surface area contributed by atoms with E-state index < -0.39 is 32.6 Å². The highest BCUT2D eigenvalue weighted by molar-refractivity contribution is 7.89. The van der Waals surface area contributed by atoms with Crippen molar-refractivity contribution in [2.24, 2.45) is 0 Å². The van der Waals surface area contributed by atoms with Gasteiger partial charge in [0.15, 0.2) is 5.76 Å². The van der Waals surface area contributed by atoms with Crippen molar-refractivity contribution in [2.45, 2.75) is 17.6 Å². The third-order valence-corrected chi connectivity index (χ3v) is 5.65. The van der Waals surface area contributed by atoms with Crippen LogP contribution in [0.4, 0.5) is 18.9 Å². The van der Waals surface area contributed by atoms with Gasteiger partial charge in [-0.1, -0.05) is 23.7 Å². The predicted molar refractivity (Wildman–Crippen MR) is 104 cm³/mol. The number of hydrogen-bond donors (Lipinski definition) is 2. The van der Waals surface area contributed by atoms with Gasteiger partial charge in [-0.25, -0.2) is 13.1 Å². The number of carbonyl (C=O) groups is 1. The number of benzene rings is 2. The maximum Gasteiger partial charge on any atom is 0.417 e. The minimum absolute atomic E-state index is 0.121. The van der Waals surface area contributed by atoms with Crippen molar-refractivity contribution in [3.63, 3.8) is 0 Å². The van der Waals surface area contributed by atoms with Gasteiger partial charge in [-0.15, -0.1) is 0 Å². The van der Waals surface area contributed by atoms with E-state index in [2.05, 4.69) is 10.0 Å². The Labute approximate surface area is 174 Å². The van der Waals surface area contributed by atoms with Gasteiger partial charge in [0.1, 0.15) is 0 Å². The molecule has 6 nitrogen and oxygen atoms in total. The third kappa shape index (κ3) is 5.21. The molecule has 0 spiro atoms.